The summed E-state index contributed by atoms with van der Waals surface area (Å²) in [5.41, 5.74) is 0. The zero-order valence-electron chi connectivity index (χ0n) is 9.59. The maximum absolute atomic E-state index is 5.34. The molecule has 1 aliphatic heterocycles. The Balaban J connectivity index is 2.42. The molecule has 1 aliphatic rings. The van der Waals surface area contributed by atoms with Crippen molar-refractivity contribution in [1.82, 2.24) is 10.2 Å². The van der Waals surface area contributed by atoms with E-state index in [9.17, 15) is 0 Å². The van der Waals surface area contributed by atoms with Crippen LogP contribution in [0.15, 0.2) is 0 Å². The third kappa shape index (κ3) is 2.73. The number of piperidine rings is 1. The molecule has 1 N–H and O–H groups in total. The number of likely N-dealkylation sites (tertiary alicyclic amines) is 1. The third-order valence-corrected chi connectivity index (χ3v) is 3.34. The van der Waals surface area contributed by atoms with E-state index in [4.69, 9.17) is 6.42 Å². The van der Waals surface area contributed by atoms with Crippen LogP contribution in [-0.2, 0) is 0 Å². The monoisotopic (exact) mass is 194 g/mol. The van der Waals surface area contributed by atoms with E-state index in [-0.39, 0.29) is 0 Å². The molecule has 80 valence electrons. The molecule has 0 saturated carbocycles. The Morgan fingerprint density at radius 3 is 2.86 bits per heavy atom. The summed E-state index contributed by atoms with van der Waals surface area (Å²) in [6.45, 7) is 6.90. The van der Waals surface area contributed by atoms with Gasteiger partial charge in [-0.3, -0.25) is 4.90 Å². The minimum Gasteiger partial charge on any atom is -0.317 e. The highest BCUT2D eigenvalue weighted by Gasteiger charge is 2.26. The smallest absolute Gasteiger partial charge is 0.0240 e. The molecule has 1 fully saturated rings. The summed E-state index contributed by atoms with van der Waals surface area (Å²) in [6.07, 6.45) is 7.45. The van der Waals surface area contributed by atoms with Crippen LogP contribution in [0.1, 0.15) is 26.7 Å². The fourth-order valence-corrected chi connectivity index (χ4v) is 2.31. The van der Waals surface area contributed by atoms with Gasteiger partial charge < -0.3 is 5.32 Å². The average molecular weight is 194 g/mol. The van der Waals surface area contributed by atoms with E-state index in [1.165, 1.54) is 19.5 Å². The number of hydrogen-bond acceptors (Lipinski definition) is 2. The quantitative estimate of drug-likeness (QED) is 0.682. The van der Waals surface area contributed by atoms with Crippen LogP contribution in [0.5, 0.6) is 0 Å². The second kappa shape index (κ2) is 5.38. The highest BCUT2D eigenvalue weighted by molar-refractivity contribution is 4.91. The van der Waals surface area contributed by atoms with Gasteiger partial charge >= 0.3 is 0 Å². The fourth-order valence-electron chi connectivity index (χ4n) is 2.31. The van der Waals surface area contributed by atoms with Gasteiger partial charge in [-0.2, -0.15) is 0 Å². The van der Waals surface area contributed by atoms with E-state index >= 15 is 0 Å². The molecule has 14 heavy (non-hydrogen) atoms. The van der Waals surface area contributed by atoms with Gasteiger partial charge in [0, 0.05) is 25.0 Å². The predicted octanol–water partition coefficient (Wildman–Crippen LogP) is 1.33. The maximum Gasteiger partial charge on any atom is 0.0240 e. The zero-order chi connectivity index (χ0) is 10.6. The van der Waals surface area contributed by atoms with Crippen molar-refractivity contribution in [2.24, 2.45) is 5.92 Å². The van der Waals surface area contributed by atoms with Crippen LogP contribution in [0.3, 0.4) is 0 Å². The largest absolute Gasteiger partial charge is 0.317 e. The van der Waals surface area contributed by atoms with Gasteiger partial charge in [-0.1, -0.05) is 6.92 Å². The van der Waals surface area contributed by atoms with E-state index in [0.717, 1.165) is 12.3 Å². The Morgan fingerprint density at radius 1 is 1.64 bits per heavy atom. The summed E-state index contributed by atoms with van der Waals surface area (Å²) in [4.78, 5) is 2.51. The molecule has 3 atom stereocenters. The lowest BCUT2D eigenvalue weighted by Crippen LogP contribution is -2.49. The standard InChI is InChI=1S/C12H22N2/c1-5-6-11(3)14-8-7-12(13-4)10(2)9-14/h1,10-13H,6-9H2,2-4H3. The van der Waals surface area contributed by atoms with Gasteiger partial charge in [-0.15, -0.1) is 12.3 Å². The van der Waals surface area contributed by atoms with E-state index in [1.54, 1.807) is 0 Å². The van der Waals surface area contributed by atoms with Crippen LogP contribution in [0.4, 0.5) is 0 Å². The molecule has 0 spiro atoms. The molecular weight excluding hydrogens is 172 g/mol. The minimum atomic E-state index is 0.542. The van der Waals surface area contributed by atoms with E-state index in [0.29, 0.717) is 12.1 Å². The van der Waals surface area contributed by atoms with Crippen LogP contribution in [0, 0.1) is 18.3 Å². The second-order valence-electron chi connectivity index (χ2n) is 4.41. The van der Waals surface area contributed by atoms with E-state index in [2.05, 4.69) is 37.0 Å². The molecule has 0 aromatic carbocycles. The number of terminal acetylenes is 1. The maximum atomic E-state index is 5.34. The normalized spacial score (nSPS) is 31.0. The van der Waals surface area contributed by atoms with Crippen molar-refractivity contribution >= 4 is 0 Å². The highest BCUT2D eigenvalue weighted by Crippen LogP contribution is 2.19. The molecule has 1 rings (SSSR count). The van der Waals surface area contributed by atoms with Crippen molar-refractivity contribution in [3.05, 3.63) is 0 Å². The Labute approximate surface area is 88.1 Å². The Bertz CT molecular complexity index is 207. The molecule has 0 radical (unpaired) electrons. The number of hydrogen-bond donors (Lipinski definition) is 1. The van der Waals surface area contributed by atoms with Gasteiger partial charge in [0.05, 0.1) is 0 Å². The second-order valence-corrected chi connectivity index (χ2v) is 4.41. The summed E-state index contributed by atoms with van der Waals surface area (Å²) >= 11 is 0. The van der Waals surface area contributed by atoms with Crippen LogP contribution in [0.25, 0.3) is 0 Å². The lowest BCUT2D eigenvalue weighted by atomic mass is 9.93. The molecular formula is C12H22N2. The van der Waals surface area contributed by atoms with E-state index < -0.39 is 0 Å². The molecule has 0 aliphatic carbocycles. The number of rotatable bonds is 3. The van der Waals surface area contributed by atoms with E-state index in [1.807, 2.05) is 0 Å². The first-order chi connectivity index (χ1) is 6.69. The van der Waals surface area contributed by atoms with Crippen molar-refractivity contribution in [2.75, 3.05) is 20.1 Å². The number of nitrogens with zero attached hydrogens (tertiary/aromatic N) is 1. The molecule has 0 bridgehead atoms. The summed E-state index contributed by atoms with van der Waals surface area (Å²) in [5, 5.41) is 3.38. The van der Waals surface area contributed by atoms with Crippen LogP contribution < -0.4 is 5.32 Å². The topological polar surface area (TPSA) is 15.3 Å². The molecule has 3 unspecified atom stereocenters. The van der Waals surface area contributed by atoms with Crippen LogP contribution in [0.2, 0.25) is 0 Å². The van der Waals surface area contributed by atoms with Gasteiger partial charge in [-0.05, 0) is 32.9 Å². The summed E-state index contributed by atoms with van der Waals surface area (Å²) in [7, 11) is 2.06. The van der Waals surface area contributed by atoms with Crippen LogP contribution in [-0.4, -0.2) is 37.1 Å². The lowest BCUT2D eigenvalue weighted by molar-refractivity contribution is 0.116. The minimum absolute atomic E-state index is 0.542. The molecule has 1 heterocycles. The first kappa shape index (κ1) is 11.6. The molecule has 1 saturated heterocycles. The van der Waals surface area contributed by atoms with Crippen molar-refractivity contribution in [3.63, 3.8) is 0 Å². The summed E-state index contributed by atoms with van der Waals surface area (Å²) in [5.74, 6) is 3.48. The van der Waals surface area contributed by atoms with Gasteiger partial charge in [-0.25, -0.2) is 0 Å². The zero-order valence-corrected chi connectivity index (χ0v) is 9.59. The molecule has 0 aromatic rings. The first-order valence-corrected chi connectivity index (χ1v) is 5.53. The van der Waals surface area contributed by atoms with Gasteiger partial charge in [0.25, 0.3) is 0 Å². The Morgan fingerprint density at radius 2 is 2.36 bits per heavy atom. The first-order valence-electron chi connectivity index (χ1n) is 5.53. The van der Waals surface area contributed by atoms with Crippen LogP contribution >= 0.6 is 0 Å². The highest BCUT2D eigenvalue weighted by atomic mass is 15.2. The molecule has 2 nitrogen and oxygen atoms in total. The third-order valence-electron chi connectivity index (χ3n) is 3.34. The molecule has 2 heteroatoms. The van der Waals surface area contributed by atoms with Crippen molar-refractivity contribution < 1.29 is 0 Å². The number of nitrogens with one attached hydrogen (secondary N) is 1. The van der Waals surface area contributed by atoms with Crippen molar-refractivity contribution in [1.29, 1.82) is 0 Å². The van der Waals surface area contributed by atoms with Crippen molar-refractivity contribution in [3.8, 4) is 12.3 Å². The van der Waals surface area contributed by atoms with Crippen molar-refractivity contribution in [2.45, 2.75) is 38.8 Å². The summed E-state index contributed by atoms with van der Waals surface area (Å²) in [6, 6.07) is 1.23. The molecule has 0 aromatic heterocycles. The lowest BCUT2D eigenvalue weighted by Gasteiger charge is -2.39. The SMILES string of the molecule is C#CCC(C)N1CCC(NC)C(C)C1. The fraction of sp³-hybridized carbons (Fsp3) is 0.833. The van der Waals surface area contributed by atoms with Gasteiger partial charge in [0.1, 0.15) is 0 Å². The Hall–Kier alpha value is -0.520. The average Bonchev–Trinajstić information content (AvgIpc) is 2.18. The van der Waals surface area contributed by atoms with Gasteiger partial charge in [0.2, 0.25) is 0 Å². The summed E-state index contributed by atoms with van der Waals surface area (Å²) < 4.78 is 0. The molecule has 0 amide bonds. The Kier molecular flexibility index (Phi) is 4.44. The predicted molar refractivity (Wildman–Crippen MR) is 61.1 cm³/mol. The van der Waals surface area contributed by atoms with Gasteiger partial charge in [0.15, 0.2) is 0 Å².